The third-order valence-corrected chi connectivity index (χ3v) is 5.45. The molecule has 1 aliphatic carbocycles. The van der Waals surface area contributed by atoms with Gasteiger partial charge in [-0.3, -0.25) is 4.68 Å². The summed E-state index contributed by atoms with van der Waals surface area (Å²) in [5, 5.41) is 12.7. The quantitative estimate of drug-likeness (QED) is 0.820. The molecule has 1 heterocycles. The molecule has 1 aromatic heterocycles. The Hall–Kier alpha value is -0.920. The Labute approximate surface area is 120 Å². The van der Waals surface area contributed by atoms with Gasteiger partial charge >= 0.3 is 0 Å². The molecule has 114 valence electrons. The number of aliphatic hydroxyl groups is 1. The summed E-state index contributed by atoms with van der Waals surface area (Å²) in [6.45, 7) is 2.93. The van der Waals surface area contributed by atoms with Gasteiger partial charge in [0.2, 0.25) is 10.0 Å². The molecule has 0 spiro atoms. The van der Waals surface area contributed by atoms with E-state index in [0.717, 1.165) is 6.42 Å². The molecule has 1 aliphatic rings. The topological polar surface area (TPSA) is 84.2 Å². The van der Waals surface area contributed by atoms with Crippen molar-refractivity contribution in [2.24, 2.45) is 11.8 Å². The van der Waals surface area contributed by atoms with Crippen LogP contribution in [0.4, 0.5) is 0 Å². The summed E-state index contributed by atoms with van der Waals surface area (Å²) in [7, 11) is -3.50. The predicted octanol–water partition coefficient (Wildman–Crippen LogP) is 0.980. The average molecular weight is 301 g/mol. The summed E-state index contributed by atoms with van der Waals surface area (Å²) < 4.78 is 28.5. The SMILES string of the molecule is CC1CCCCC1CNS(=O)(=O)c1cnn(CCO)c1. The molecule has 0 bridgehead atoms. The summed E-state index contributed by atoms with van der Waals surface area (Å²) in [5.74, 6) is 0.995. The zero-order valence-corrected chi connectivity index (χ0v) is 12.6. The van der Waals surface area contributed by atoms with Crippen LogP contribution in [0.15, 0.2) is 17.3 Å². The maximum Gasteiger partial charge on any atom is 0.243 e. The van der Waals surface area contributed by atoms with Crippen LogP contribution in [-0.2, 0) is 16.6 Å². The second kappa shape index (κ2) is 6.69. The number of aromatic nitrogens is 2. The number of sulfonamides is 1. The van der Waals surface area contributed by atoms with Gasteiger partial charge in [-0.1, -0.05) is 26.2 Å². The highest BCUT2D eigenvalue weighted by molar-refractivity contribution is 7.89. The third kappa shape index (κ3) is 3.80. The minimum atomic E-state index is -3.50. The summed E-state index contributed by atoms with van der Waals surface area (Å²) in [5.41, 5.74) is 0. The second-order valence-electron chi connectivity index (χ2n) is 5.54. The molecule has 7 heteroatoms. The van der Waals surface area contributed by atoms with Crippen LogP contribution < -0.4 is 4.72 Å². The molecule has 2 N–H and O–H groups in total. The van der Waals surface area contributed by atoms with Crippen molar-refractivity contribution < 1.29 is 13.5 Å². The largest absolute Gasteiger partial charge is 0.394 e. The first-order valence-electron chi connectivity index (χ1n) is 7.16. The van der Waals surface area contributed by atoms with Crippen LogP contribution in [0.25, 0.3) is 0 Å². The fourth-order valence-corrected chi connectivity index (χ4v) is 3.75. The van der Waals surface area contributed by atoms with Crippen molar-refractivity contribution in [3.05, 3.63) is 12.4 Å². The normalized spacial score (nSPS) is 23.9. The van der Waals surface area contributed by atoms with Gasteiger partial charge in [0.05, 0.1) is 19.3 Å². The van der Waals surface area contributed by atoms with E-state index >= 15 is 0 Å². The first-order valence-corrected chi connectivity index (χ1v) is 8.64. The Balaban J connectivity index is 1.95. The number of rotatable bonds is 6. The highest BCUT2D eigenvalue weighted by atomic mass is 32.2. The molecule has 2 rings (SSSR count). The lowest BCUT2D eigenvalue weighted by Gasteiger charge is -2.28. The molecule has 0 radical (unpaired) electrons. The fraction of sp³-hybridized carbons (Fsp3) is 0.769. The molecular weight excluding hydrogens is 278 g/mol. The van der Waals surface area contributed by atoms with E-state index < -0.39 is 10.0 Å². The van der Waals surface area contributed by atoms with E-state index in [1.807, 2.05) is 0 Å². The molecule has 1 aromatic rings. The van der Waals surface area contributed by atoms with Crippen LogP contribution in [0.2, 0.25) is 0 Å². The van der Waals surface area contributed by atoms with Gasteiger partial charge < -0.3 is 5.11 Å². The predicted molar refractivity (Wildman–Crippen MR) is 75.6 cm³/mol. The van der Waals surface area contributed by atoms with E-state index in [4.69, 9.17) is 5.11 Å². The summed E-state index contributed by atoms with van der Waals surface area (Å²) in [6.07, 6.45) is 7.48. The van der Waals surface area contributed by atoms with Crippen molar-refractivity contribution in [2.75, 3.05) is 13.2 Å². The van der Waals surface area contributed by atoms with E-state index in [1.165, 1.54) is 36.3 Å². The van der Waals surface area contributed by atoms with Gasteiger partial charge in [-0.2, -0.15) is 5.10 Å². The molecule has 0 aliphatic heterocycles. The first kappa shape index (κ1) is 15.5. The maximum atomic E-state index is 12.2. The molecule has 2 atom stereocenters. The smallest absolute Gasteiger partial charge is 0.243 e. The van der Waals surface area contributed by atoms with Crippen LogP contribution in [-0.4, -0.2) is 36.5 Å². The minimum absolute atomic E-state index is 0.0613. The average Bonchev–Trinajstić information content (AvgIpc) is 2.88. The second-order valence-corrected chi connectivity index (χ2v) is 7.30. The van der Waals surface area contributed by atoms with Crippen molar-refractivity contribution in [1.29, 1.82) is 0 Å². The van der Waals surface area contributed by atoms with Gasteiger partial charge in [0.1, 0.15) is 4.90 Å². The van der Waals surface area contributed by atoms with E-state index in [2.05, 4.69) is 16.7 Å². The van der Waals surface area contributed by atoms with Crippen molar-refractivity contribution in [2.45, 2.75) is 44.0 Å². The third-order valence-electron chi connectivity index (χ3n) is 4.07. The summed E-state index contributed by atoms with van der Waals surface area (Å²) >= 11 is 0. The molecule has 20 heavy (non-hydrogen) atoms. The van der Waals surface area contributed by atoms with Crippen LogP contribution in [0.5, 0.6) is 0 Å². The van der Waals surface area contributed by atoms with Gasteiger partial charge in [0.15, 0.2) is 0 Å². The summed E-state index contributed by atoms with van der Waals surface area (Å²) in [6, 6.07) is 0. The fourth-order valence-electron chi connectivity index (χ4n) is 2.70. The molecule has 1 saturated carbocycles. The zero-order chi connectivity index (χ0) is 14.6. The van der Waals surface area contributed by atoms with Gasteiger partial charge in [-0.25, -0.2) is 13.1 Å². The Kier molecular flexibility index (Phi) is 5.17. The lowest BCUT2D eigenvalue weighted by atomic mass is 9.81. The van der Waals surface area contributed by atoms with Crippen molar-refractivity contribution in [1.82, 2.24) is 14.5 Å². The van der Waals surface area contributed by atoms with E-state index in [0.29, 0.717) is 24.9 Å². The van der Waals surface area contributed by atoms with E-state index in [9.17, 15) is 8.42 Å². The number of aliphatic hydroxyl groups excluding tert-OH is 1. The van der Waals surface area contributed by atoms with Crippen molar-refractivity contribution >= 4 is 10.0 Å². The lowest BCUT2D eigenvalue weighted by Crippen LogP contribution is -2.33. The molecule has 1 fully saturated rings. The monoisotopic (exact) mass is 301 g/mol. The van der Waals surface area contributed by atoms with Crippen LogP contribution in [0.3, 0.4) is 0 Å². The Morgan fingerprint density at radius 1 is 1.45 bits per heavy atom. The Morgan fingerprint density at radius 3 is 2.90 bits per heavy atom. The maximum absolute atomic E-state index is 12.2. The van der Waals surface area contributed by atoms with Gasteiger partial charge in [0, 0.05) is 12.7 Å². The molecule has 0 aromatic carbocycles. The number of hydrogen-bond donors (Lipinski definition) is 2. The van der Waals surface area contributed by atoms with E-state index in [1.54, 1.807) is 0 Å². The summed E-state index contributed by atoms with van der Waals surface area (Å²) in [4.78, 5) is 0.161. The van der Waals surface area contributed by atoms with Crippen molar-refractivity contribution in [3.8, 4) is 0 Å². The lowest BCUT2D eigenvalue weighted by molar-refractivity contribution is 0.257. The molecule has 6 nitrogen and oxygen atoms in total. The van der Waals surface area contributed by atoms with E-state index in [-0.39, 0.29) is 11.5 Å². The van der Waals surface area contributed by atoms with Crippen LogP contribution >= 0.6 is 0 Å². The van der Waals surface area contributed by atoms with Crippen LogP contribution in [0.1, 0.15) is 32.6 Å². The minimum Gasteiger partial charge on any atom is -0.394 e. The van der Waals surface area contributed by atoms with Gasteiger partial charge in [-0.05, 0) is 18.3 Å². The number of nitrogens with one attached hydrogen (secondary N) is 1. The number of hydrogen-bond acceptors (Lipinski definition) is 4. The first-order chi connectivity index (χ1) is 9.53. The highest BCUT2D eigenvalue weighted by Crippen LogP contribution is 2.29. The molecule has 0 amide bonds. The number of nitrogens with zero attached hydrogens (tertiary/aromatic N) is 2. The van der Waals surface area contributed by atoms with Crippen molar-refractivity contribution in [3.63, 3.8) is 0 Å². The Bertz CT molecular complexity index is 527. The standard InChI is InChI=1S/C13H23N3O3S/c1-11-4-2-3-5-12(11)8-15-20(18,19)13-9-14-16(10-13)6-7-17/h9-12,15,17H,2-8H2,1H3. The molecule has 2 unspecified atom stereocenters. The van der Waals surface area contributed by atoms with Gasteiger partial charge in [0.25, 0.3) is 0 Å². The molecule has 0 saturated heterocycles. The zero-order valence-electron chi connectivity index (χ0n) is 11.8. The van der Waals surface area contributed by atoms with Gasteiger partial charge in [-0.15, -0.1) is 0 Å². The molecular formula is C13H23N3O3S. The Morgan fingerprint density at radius 2 is 2.20 bits per heavy atom. The van der Waals surface area contributed by atoms with Crippen LogP contribution in [0, 0.1) is 11.8 Å². The highest BCUT2D eigenvalue weighted by Gasteiger charge is 2.24.